The SMILES string of the molecule is Cc1nc2nc(N3C[C@@H](C)O[C@@H](c4cnn(C5CC5C)c4)C3)nc(-c3ccc(F)cc3F)c2nc1C. The normalized spacial score (nSPS) is 23.9. The number of anilines is 1. The molecule has 1 aliphatic carbocycles. The molecule has 1 aliphatic heterocycles. The minimum absolute atomic E-state index is 0.0944. The quantitative estimate of drug-likeness (QED) is 0.408. The largest absolute Gasteiger partial charge is 0.367 e. The van der Waals surface area contributed by atoms with E-state index >= 15 is 0 Å². The first-order valence-electron chi connectivity index (χ1n) is 12.2. The van der Waals surface area contributed by atoms with E-state index in [-0.39, 0.29) is 23.5 Å². The molecule has 4 heterocycles. The number of morpholine rings is 1. The van der Waals surface area contributed by atoms with Gasteiger partial charge in [-0.2, -0.15) is 10.1 Å². The molecule has 36 heavy (non-hydrogen) atoms. The lowest BCUT2D eigenvalue weighted by molar-refractivity contribution is -0.0178. The van der Waals surface area contributed by atoms with Gasteiger partial charge in [-0.25, -0.2) is 23.7 Å². The van der Waals surface area contributed by atoms with Gasteiger partial charge in [0.2, 0.25) is 5.95 Å². The average molecular weight is 492 g/mol. The number of aromatic nitrogens is 6. The van der Waals surface area contributed by atoms with Crippen molar-refractivity contribution in [2.75, 3.05) is 18.0 Å². The van der Waals surface area contributed by atoms with Crippen molar-refractivity contribution in [2.24, 2.45) is 5.92 Å². The fourth-order valence-electron chi connectivity index (χ4n) is 4.78. The summed E-state index contributed by atoms with van der Waals surface area (Å²) >= 11 is 0. The molecule has 0 bridgehead atoms. The van der Waals surface area contributed by atoms with Gasteiger partial charge in [0.05, 0.1) is 36.3 Å². The number of hydrogen-bond acceptors (Lipinski definition) is 7. The predicted molar refractivity (Wildman–Crippen MR) is 131 cm³/mol. The van der Waals surface area contributed by atoms with Crippen molar-refractivity contribution in [2.45, 2.75) is 52.4 Å². The van der Waals surface area contributed by atoms with Crippen LogP contribution in [-0.4, -0.2) is 48.9 Å². The van der Waals surface area contributed by atoms with Gasteiger partial charge in [0.25, 0.3) is 0 Å². The molecule has 2 unspecified atom stereocenters. The molecular formula is C26H27F2N7O. The summed E-state index contributed by atoms with van der Waals surface area (Å²) in [6, 6.07) is 3.90. The highest BCUT2D eigenvalue weighted by Crippen LogP contribution is 2.42. The van der Waals surface area contributed by atoms with Crippen molar-refractivity contribution < 1.29 is 13.5 Å². The second kappa shape index (κ2) is 8.55. The Morgan fingerprint density at radius 1 is 1.00 bits per heavy atom. The van der Waals surface area contributed by atoms with E-state index < -0.39 is 11.6 Å². The van der Waals surface area contributed by atoms with E-state index in [1.807, 2.05) is 36.5 Å². The van der Waals surface area contributed by atoms with E-state index in [2.05, 4.69) is 28.2 Å². The molecular weight excluding hydrogens is 464 g/mol. The first-order chi connectivity index (χ1) is 17.3. The molecule has 186 valence electrons. The van der Waals surface area contributed by atoms with Crippen LogP contribution in [0.1, 0.15) is 49.4 Å². The molecule has 2 fully saturated rings. The van der Waals surface area contributed by atoms with Crippen LogP contribution in [0.5, 0.6) is 0 Å². The molecule has 6 rings (SSSR count). The minimum Gasteiger partial charge on any atom is -0.367 e. The van der Waals surface area contributed by atoms with Crippen LogP contribution in [0.15, 0.2) is 30.6 Å². The molecule has 1 saturated carbocycles. The van der Waals surface area contributed by atoms with Crippen LogP contribution in [0.3, 0.4) is 0 Å². The molecule has 10 heteroatoms. The van der Waals surface area contributed by atoms with Gasteiger partial charge in [-0.05, 0) is 45.2 Å². The van der Waals surface area contributed by atoms with Gasteiger partial charge < -0.3 is 9.64 Å². The summed E-state index contributed by atoms with van der Waals surface area (Å²) in [7, 11) is 0. The van der Waals surface area contributed by atoms with Crippen LogP contribution in [-0.2, 0) is 4.74 Å². The molecule has 1 saturated heterocycles. The highest BCUT2D eigenvalue weighted by molar-refractivity contribution is 5.88. The Hall–Kier alpha value is -3.53. The van der Waals surface area contributed by atoms with Crippen LogP contribution in [0.25, 0.3) is 22.4 Å². The van der Waals surface area contributed by atoms with E-state index in [4.69, 9.17) is 14.7 Å². The van der Waals surface area contributed by atoms with E-state index in [0.717, 1.165) is 23.7 Å². The van der Waals surface area contributed by atoms with Crippen LogP contribution in [0.2, 0.25) is 0 Å². The molecule has 4 aromatic rings. The standard InChI is InChI=1S/C26H27F2N7O/c1-13-7-21(13)35-11-17(9-29-35)22-12-34(10-14(2)36-22)26-32-23(19-6-5-18(27)8-20(19)28)24-25(33-26)31-16(4)15(3)30-24/h5-6,8-9,11,13-14,21-22H,7,10,12H2,1-4H3/t13?,14-,21?,22-/m1/s1. The summed E-state index contributed by atoms with van der Waals surface area (Å²) < 4.78 is 36.8. The van der Waals surface area contributed by atoms with Crippen molar-refractivity contribution >= 4 is 17.1 Å². The maximum atomic E-state index is 14.9. The Bertz CT molecular complexity index is 1470. The number of ether oxygens (including phenoxy) is 1. The van der Waals surface area contributed by atoms with Crippen LogP contribution >= 0.6 is 0 Å². The smallest absolute Gasteiger partial charge is 0.228 e. The first kappa shape index (κ1) is 22.9. The maximum absolute atomic E-state index is 14.9. The van der Waals surface area contributed by atoms with Crippen molar-refractivity contribution in [3.63, 3.8) is 0 Å². The van der Waals surface area contributed by atoms with Gasteiger partial charge in [-0.3, -0.25) is 4.68 Å². The van der Waals surface area contributed by atoms with Crippen molar-refractivity contribution in [3.8, 4) is 11.3 Å². The third-order valence-electron chi connectivity index (χ3n) is 7.06. The summed E-state index contributed by atoms with van der Waals surface area (Å²) in [6.45, 7) is 8.97. The fraction of sp³-hybridized carbons (Fsp3) is 0.423. The Balaban J connectivity index is 1.41. The van der Waals surface area contributed by atoms with E-state index in [1.165, 1.54) is 12.1 Å². The van der Waals surface area contributed by atoms with Gasteiger partial charge in [0, 0.05) is 29.9 Å². The zero-order chi connectivity index (χ0) is 25.1. The van der Waals surface area contributed by atoms with E-state index in [0.29, 0.717) is 47.9 Å². The van der Waals surface area contributed by atoms with E-state index in [1.54, 1.807) is 0 Å². The number of nitrogens with zero attached hydrogens (tertiary/aromatic N) is 7. The number of fused-ring (bicyclic) bond motifs is 1. The topological polar surface area (TPSA) is 81.9 Å². The molecule has 0 radical (unpaired) electrons. The fourth-order valence-corrected chi connectivity index (χ4v) is 4.78. The highest BCUT2D eigenvalue weighted by Gasteiger charge is 2.36. The molecule has 0 amide bonds. The average Bonchev–Trinajstić information content (AvgIpc) is 3.36. The third kappa shape index (κ3) is 4.09. The van der Waals surface area contributed by atoms with Crippen LogP contribution < -0.4 is 4.90 Å². The van der Waals surface area contributed by atoms with Gasteiger partial charge in [0.1, 0.15) is 28.9 Å². The Morgan fingerprint density at radius 3 is 2.53 bits per heavy atom. The van der Waals surface area contributed by atoms with E-state index in [9.17, 15) is 8.78 Å². The maximum Gasteiger partial charge on any atom is 0.228 e. The number of aryl methyl sites for hydroxylation is 2. The minimum atomic E-state index is -0.712. The second-order valence-corrected chi connectivity index (χ2v) is 9.94. The van der Waals surface area contributed by atoms with Gasteiger partial charge in [-0.1, -0.05) is 6.92 Å². The number of rotatable bonds is 4. The summed E-state index contributed by atoms with van der Waals surface area (Å²) in [5, 5.41) is 4.55. The van der Waals surface area contributed by atoms with Crippen molar-refractivity contribution in [3.05, 3.63) is 59.2 Å². The van der Waals surface area contributed by atoms with Gasteiger partial charge in [0.15, 0.2) is 5.65 Å². The predicted octanol–water partition coefficient (Wildman–Crippen LogP) is 4.73. The third-order valence-corrected chi connectivity index (χ3v) is 7.06. The molecule has 8 nitrogen and oxygen atoms in total. The van der Waals surface area contributed by atoms with Crippen molar-refractivity contribution in [1.82, 2.24) is 29.7 Å². The molecule has 2 aliphatic rings. The lowest BCUT2D eigenvalue weighted by Crippen LogP contribution is -2.43. The summed E-state index contributed by atoms with van der Waals surface area (Å²) in [4.78, 5) is 20.7. The van der Waals surface area contributed by atoms with Crippen molar-refractivity contribution in [1.29, 1.82) is 0 Å². The van der Waals surface area contributed by atoms with Gasteiger partial charge in [-0.15, -0.1) is 0 Å². The zero-order valence-electron chi connectivity index (χ0n) is 20.6. The first-order valence-corrected chi connectivity index (χ1v) is 12.2. The lowest BCUT2D eigenvalue weighted by atomic mass is 10.1. The van der Waals surface area contributed by atoms with Crippen LogP contribution in [0.4, 0.5) is 14.7 Å². The molecule has 0 spiro atoms. The summed E-state index contributed by atoms with van der Waals surface area (Å²) in [6.07, 6.45) is 4.76. The molecule has 0 N–H and O–H groups in total. The summed E-state index contributed by atoms with van der Waals surface area (Å²) in [5.41, 5.74) is 3.62. The molecule has 4 atom stereocenters. The second-order valence-electron chi connectivity index (χ2n) is 9.94. The Kier molecular flexibility index (Phi) is 5.44. The monoisotopic (exact) mass is 491 g/mol. The lowest BCUT2D eigenvalue weighted by Gasteiger charge is -2.36. The van der Waals surface area contributed by atoms with Gasteiger partial charge >= 0.3 is 0 Å². The molecule has 1 aromatic carbocycles. The highest BCUT2D eigenvalue weighted by atomic mass is 19.1. The summed E-state index contributed by atoms with van der Waals surface area (Å²) in [5.74, 6) is -0.318. The number of halogens is 2. The Labute approximate surface area is 207 Å². The number of benzene rings is 1. The Morgan fingerprint density at radius 2 is 1.78 bits per heavy atom. The number of hydrogen-bond donors (Lipinski definition) is 0. The zero-order valence-corrected chi connectivity index (χ0v) is 20.6. The molecule has 3 aromatic heterocycles. The van der Waals surface area contributed by atoms with Crippen LogP contribution in [0, 0.1) is 31.4 Å².